The minimum absolute atomic E-state index is 0.119. The molecule has 2 heterocycles. The molecule has 1 aromatic heterocycles. The largest absolute Gasteiger partial charge is 0.383 e. The number of benzene rings is 1. The third kappa shape index (κ3) is 6.01. The molecule has 2 aromatic rings. The van der Waals surface area contributed by atoms with E-state index in [-0.39, 0.29) is 29.6 Å². The lowest BCUT2D eigenvalue weighted by Gasteiger charge is -2.29. The van der Waals surface area contributed by atoms with Crippen LogP contribution in [0.25, 0.3) is 0 Å². The van der Waals surface area contributed by atoms with Crippen molar-refractivity contribution in [3.8, 4) is 0 Å². The van der Waals surface area contributed by atoms with Gasteiger partial charge in [-0.05, 0) is 22.9 Å². The number of methoxy groups -OCH3 is 1. The van der Waals surface area contributed by atoms with Gasteiger partial charge in [0.25, 0.3) is 5.91 Å². The highest BCUT2D eigenvalue weighted by atomic mass is 32.1. The summed E-state index contributed by atoms with van der Waals surface area (Å²) in [6.07, 6.45) is 0.728. The molecule has 1 aliphatic rings. The van der Waals surface area contributed by atoms with Crippen molar-refractivity contribution in [3.05, 3.63) is 58.0 Å². The predicted octanol–water partition coefficient (Wildman–Crippen LogP) is 4.48. The Morgan fingerprint density at radius 3 is 2.62 bits per heavy atom. The Hall–Kier alpha value is -2.58. The fraction of sp³-hybridized carbons (Fsp3) is 0.458. The first-order valence-corrected chi connectivity index (χ1v) is 11.5. The van der Waals surface area contributed by atoms with Crippen molar-refractivity contribution in [1.82, 2.24) is 9.91 Å². The van der Waals surface area contributed by atoms with Gasteiger partial charge < -0.3 is 9.64 Å². The van der Waals surface area contributed by atoms with Crippen LogP contribution in [0.5, 0.6) is 0 Å². The molecule has 2 amide bonds. The maximum atomic E-state index is 14.6. The molecule has 3 rings (SSSR count). The highest BCUT2D eigenvalue weighted by Gasteiger charge is 2.36. The minimum Gasteiger partial charge on any atom is -0.383 e. The van der Waals surface area contributed by atoms with Crippen molar-refractivity contribution >= 4 is 28.9 Å². The molecule has 172 valence electrons. The molecule has 0 spiro atoms. The van der Waals surface area contributed by atoms with E-state index in [0.717, 1.165) is 10.6 Å². The van der Waals surface area contributed by atoms with E-state index >= 15 is 0 Å². The number of carbonyl (C=O) groups is 2. The normalized spacial score (nSPS) is 16.2. The van der Waals surface area contributed by atoms with E-state index in [2.05, 4.69) is 5.10 Å². The molecule has 0 saturated carbocycles. The number of ether oxygens (including phenoxy) is 1. The fourth-order valence-electron chi connectivity index (χ4n) is 3.61. The van der Waals surface area contributed by atoms with E-state index in [1.165, 1.54) is 27.3 Å². The minimum atomic E-state index is -0.553. The second kappa shape index (κ2) is 10.4. The maximum absolute atomic E-state index is 14.6. The van der Waals surface area contributed by atoms with Gasteiger partial charge in [0.05, 0.1) is 23.2 Å². The van der Waals surface area contributed by atoms with Gasteiger partial charge in [0.2, 0.25) is 5.91 Å². The zero-order valence-corrected chi connectivity index (χ0v) is 19.8. The van der Waals surface area contributed by atoms with Gasteiger partial charge in [-0.25, -0.2) is 9.40 Å². The Bertz CT molecular complexity index is 969. The van der Waals surface area contributed by atoms with Crippen LogP contribution < -0.4 is 0 Å². The van der Waals surface area contributed by atoms with Crippen LogP contribution >= 0.6 is 11.3 Å². The summed E-state index contributed by atoms with van der Waals surface area (Å²) in [4.78, 5) is 28.7. The summed E-state index contributed by atoms with van der Waals surface area (Å²) in [7, 11) is 1.56. The van der Waals surface area contributed by atoms with E-state index in [0.29, 0.717) is 31.6 Å². The highest BCUT2D eigenvalue weighted by Crippen LogP contribution is 2.35. The molecule has 1 aliphatic heterocycles. The zero-order chi connectivity index (χ0) is 23.3. The lowest BCUT2D eigenvalue weighted by Crippen LogP contribution is -2.43. The van der Waals surface area contributed by atoms with Gasteiger partial charge in [0, 0.05) is 32.1 Å². The molecule has 0 N–H and O–H groups in total. The highest BCUT2D eigenvalue weighted by molar-refractivity contribution is 7.12. The summed E-state index contributed by atoms with van der Waals surface area (Å²) in [5.74, 6) is -0.840. The number of hydrazone groups is 1. The van der Waals surface area contributed by atoms with Gasteiger partial charge >= 0.3 is 0 Å². The Balaban J connectivity index is 1.86. The third-order valence-corrected chi connectivity index (χ3v) is 6.08. The topological polar surface area (TPSA) is 62.2 Å². The monoisotopic (exact) mass is 459 g/mol. The Morgan fingerprint density at radius 1 is 1.25 bits per heavy atom. The second-order valence-electron chi connectivity index (χ2n) is 9.05. The van der Waals surface area contributed by atoms with Gasteiger partial charge in [-0.15, -0.1) is 11.3 Å². The average Bonchev–Trinajstić information content (AvgIpc) is 3.39. The summed E-state index contributed by atoms with van der Waals surface area (Å²) in [6.45, 7) is 6.43. The molecule has 0 radical (unpaired) electrons. The number of hydrogen-bond donors (Lipinski definition) is 0. The lowest BCUT2D eigenvalue weighted by atomic mass is 9.91. The van der Waals surface area contributed by atoms with Gasteiger partial charge in [-0.3, -0.25) is 9.59 Å². The Labute approximate surface area is 192 Å². The molecular formula is C24H30FN3O3S. The molecule has 0 unspecified atom stereocenters. The molecule has 0 fully saturated rings. The van der Waals surface area contributed by atoms with Crippen molar-refractivity contribution in [3.63, 3.8) is 0 Å². The van der Waals surface area contributed by atoms with Crippen LogP contribution in [-0.4, -0.2) is 54.2 Å². The molecule has 1 aromatic carbocycles. The number of amides is 2. The second-order valence-corrected chi connectivity index (χ2v) is 10.00. The average molecular weight is 460 g/mol. The summed E-state index contributed by atoms with van der Waals surface area (Å²) in [6, 6.07) is 9.75. The number of nitrogens with zero attached hydrogens (tertiary/aromatic N) is 3. The van der Waals surface area contributed by atoms with Gasteiger partial charge in [0.15, 0.2) is 0 Å². The summed E-state index contributed by atoms with van der Waals surface area (Å²) >= 11 is 1.53. The molecule has 6 nitrogen and oxygen atoms in total. The van der Waals surface area contributed by atoms with Crippen LogP contribution in [0.15, 0.2) is 46.9 Å². The SMILES string of the molecule is COCCN(CC(=O)N1N=C(c2cccs2)C[C@H]1c1ccccc1F)C(=O)CC(C)(C)C. The summed E-state index contributed by atoms with van der Waals surface area (Å²) in [5.41, 5.74) is 0.950. The quantitative estimate of drug-likeness (QED) is 0.585. The third-order valence-electron chi connectivity index (χ3n) is 5.16. The molecule has 0 aliphatic carbocycles. The number of rotatable bonds is 8. The molecular weight excluding hydrogens is 429 g/mol. The van der Waals surface area contributed by atoms with E-state index in [1.54, 1.807) is 25.3 Å². The van der Waals surface area contributed by atoms with E-state index < -0.39 is 6.04 Å². The molecule has 32 heavy (non-hydrogen) atoms. The van der Waals surface area contributed by atoms with Gasteiger partial charge in [0.1, 0.15) is 12.4 Å². The van der Waals surface area contributed by atoms with Crippen LogP contribution in [0.1, 0.15) is 50.1 Å². The van der Waals surface area contributed by atoms with Crippen LogP contribution in [0, 0.1) is 11.2 Å². The summed E-state index contributed by atoms with van der Waals surface area (Å²) in [5, 5.41) is 7.86. The van der Waals surface area contributed by atoms with Crippen LogP contribution in [0.2, 0.25) is 0 Å². The van der Waals surface area contributed by atoms with E-state index in [1.807, 2.05) is 38.3 Å². The Morgan fingerprint density at radius 2 is 2.00 bits per heavy atom. The van der Waals surface area contributed by atoms with Crippen molar-refractivity contribution < 1.29 is 18.7 Å². The smallest absolute Gasteiger partial charge is 0.262 e. The Kier molecular flexibility index (Phi) is 7.79. The van der Waals surface area contributed by atoms with Crippen LogP contribution in [0.4, 0.5) is 4.39 Å². The maximum Gasteiger partial charge on any atom is 0.262 e. The van der Waals surface area contributed by atoms with Crippen molar-refractivity contribution in [1.29, 1.82) is 0 Å². The predicted molar refractivity (Wildman–Crippen MR) is 124 cm³/mol. The number of hydrogen-bond acceptors (Lipinski definition) is 5. The first-order valence-electron chi connectivity index (χ1n) is 10.6. The lowest BCUT2D eigenvalue weighted by molar-refractivity contribution is -0.143. The first kappa shape index (κ1) is 24.1. The number of thiophene rings is 1. The van der Waals surface area contributed by atoms with Gasteiger partial charge in [-0.1, -0.05) is 45.0 Å². The summed E-state index contributed by atoms with van der Waals surface area (Å²) < 4.78 is 19.8. The number of halogens is 1. The van der Waals surface area contributed by atoms with Crippen LogP contribution in [-0.2, 0) is 14.3 Å². The van der Waals surface area contributed by atoms with Crippen molar-refractivity contribution in [2.24, 2.45) is 10.5 Å². The number of carbonyl (C=O) groups excluding carboxylic acids is 2. The standard InChI is InChI=1S/C24H30FN3O3S/c1-24(2,3)15-22(29)27(11-12-31-4)16-23(30)28-20(17-8-5-6-9-18(17)25)14-19(26-28)21-10-7-13-32-21/h5-10,13,20H,11-12,14-16H2,1-4H3/t20-/m0/s1. The van der Waals surface area contributed by atoms with Crippen LogP contribution in [0.3, 0.4) is 0 Å². The first-order chi connectivity index (χ1) is 15.2. The molecule has 8 heteroatoms. The zero-order valence-electron chi connectivity index (χ0n) is 19.0. The van der Waals surface area contributed by atoms with E-state index in [4.69, 9.17) is 4.74 Å². The molecule has 1 atom stereocenters. The molecule has 0 bridgehead atoms. The van der Waals surface area contributed by atoms with E-state index in [9.17, 15) is 14.0 Å². The molecule has 0 saturated heterocycles. The fourth-order valence-corrected chi connectivity index (χ4v) is 4.34. The van der Waals surface area contributed by atoms with Gasteiger partial charge in [-0.2, -0.15) is 5.10 Å². The van der Waals surface area contributed by atoms with Crippen molar-refractivity contribution in [2.75, 3.05) is 26.8 Å². The van der Waals surface area contributed by atoms with Crippen molar-refractivity contribution in [2.45, 2.75) is 39.7 Å².